The lowest BCUT2D eigenvalue weighted by Crippen LogP contribution is -2.30. The highest BCUT2D eigenvalue weighted by Gasteiger charge is 2.18. The molecule has 3 rings (SSSR count). The third-order valence-electron chi connectivity index (χ3n) is 3.42. The van der Waals surface area contributed by atoms with Gasteiger partial charge in [-0.25, -0.2) is 0 Å². The second-order valence-corrected chi connectivity index (χ2v) is 6.15. The van der Waals surface area contributed by atoms with Gasteiger partial charge in [-0.3, -0.25) is 10.1 Å². The van der Waals surface area contributed by atoms with Crippen molar-refractivity contribution < 1.29 is 14.3 Å². The Kier molecular flexibility index (Phi) is 5.25. The molecule has 0 radical (unpaired) electrons. The summed E-state index contributed by atoms with van der Waals surface area (Å²) in [6, 6.07) is 16.7. The molecule has 0 aliphatic rings. The Morgan fingerprint density at radius 2 is 1.80 bits per heavy atom. The Morgan fingerprint density at radius 3 is 2.56 bits per heavy atom. The summed E-state index contributed by atoms with van der Waals surface area (Å²) in [6.07, 6.45) is -0.652. The van der Waals surface area contributed by atoms with Crippen LogP contribution in [0.15, 0.2) is 54.6 Å². The Labute approximate surface area is 149 Å². The highest BCUT2D eigenvalue weighted by molar-refractivity contribution is 7.18. The van der Waals surface area contributed by atoms with Gasteiger partial charge in [0.15, 0.2) is 11.1 Å². The number of carbonyl (C=O) groups is 1. The van der Waals surface area contributed by atoms with Gasteiger partial charge in [0, 0.05) is 0 Å². The summed E-state index contributed by atoms with van der Waals surface area (Å²) in [5, 5.41) is 12.0. The summed E-state index contributed by atoms with van der Waals surface area (Å²) < 4.78 is 10.9. The number of anilines is 1. The fraction of sp³-hybridized carbons (Fsp3) is 0.167. The molecule has 1 aromatic heterocycles. The van der Waals surface area contributed by atoms with Crippen LogP contribution in [-0.2, 0) is 4.79 Å². The number of methoxy groups -OCH3 is 1. The van der Waals surface area contributed by atoms with Crippen molar-refractivity contribution in [2.45, 2.75) is 13.0 Å². The van der Waals surface area contributed by atoms with E-state index < -0.39 is 6.10 Å². The first kappa shape index (κ1) is 16.9. The molecule has 0 saturated heterocycles. The van der Waals surface area contributed by atoms with E-state index >= 15 is 0 Å². The minimum atomic E-state index is -0.652. The molecular weight excluding hydrogens is 338 g/mol. The normalized spacial score (nSPS) is 11.6. The largest absolute Gasteiger partial charge is 0.496 e. The molecule has 7 heteroatoms. The predicted molar refractivity (Wildman–Crippen MR) is 97.1 cm³/mol. The number of hydrogen-bond acceptors (Lipinski definition) is 6. The van der Waals surface area contributed by atoms with E-state index in [0.717, 1.165) is 5.56 Å². The highest BCUT2D eigenvalue weighted by atomic mass is 32.1. The third kappa shape index (κ3) is 4.13. The number of carbonyl (C=O) groups excluding carboxylic acids is 1. The molecule has 0 spiro atoms. The van der Waals surface area contributed by atoms with Crippen LogP contribution in [-0.4, -0.2) is 29.3 Å². The van der Waals surface area contributed by atoms with Gasteiger partial charge in [0.1, 0.15) is 11.5 Å². The average Bonchev–Trinajstić information content (AvgIpc) is 3.10. The zero-order valence-electron chi connectivity index (χ0n) is 13.8. The molecule has 1 amide bonds. The Bertz CT molecular complexity index is 852. The van der Waals surface area contributed by atoms with E-state index in [1.54, 1.807) is 26.2 Å². The molecular formula is C18H17N3O3S. The molecule has 0 aliphatic heterocycles. The van der Waals surface area contributed by atoms with Crippen LogP contribution in [0.3, 0.4) is 0 Å². The fourth-order valence-electron chi connectivity index (χ4n) is 2.17. The maximum Gasteiger partial charge on any atom is 0.266 e. The Morgan fingerprint density at radius 1 is 1.08 bits per heavy atom. The lowest BCUT2D eigenvalue weighted by Gasteiger charge is -2.13. The first-order valence-electron chi connectivity index (χ1n) is 7.67. The van der Waals surface area contributed by atoms with E-state index in [1.807, 2.05) is 42.5 Å². The topological polar surface area (TPSA) is 73.3 Å². The second-order valence-electron chi connectivity index (χ2n) is 5.18. The van der Waals surface area contributed by atoms with Gasteiger partial charge in [-0.1, -0.05) is 41.7 Å². The summed E-state index contributed by atoms with van der Waals surface area (Å²) in [6.45, 7) is 1.69. The summed E-state index contributed by atoms with van der Waals surface area (Å²) in [5.74, 6) is 1.06. The number of rotatable bonds is 6. The van der Waals surface area contributed by atoms with Crippen molar-refractivity contribution in [1.82, 2.24) is 10.2 Å². The number of ether oxygens (including phenoxy) is 2. The van der Waals surface area contributed by atoms with Crippen LogP contribution in [0.5, 0.6) is 11.5 Å². The molecule has 0 saturated carbocycles. The smallest absolute Gasteiger partial charge is 0.266 e. The molecule has 1 unspecified atom stereocenters. The van der Waals surface area contributed by atoms with Gasteiger partial charge < -0.3 is 9.47 Å². The number of nitrogens with one attached hydrogen (secondary N) is 1. The molecule has 1 N–H and O–H groups in total. The number of amides is 1. The molecule has 128 valence electrons. The van der Waals surface area contributed by atoms with Crippen molar-refractivity contribution in [3.63, 3.8) is 0 Å². The van der Waals surface area contributed by atoms with Crippen LogP contribution in [0.1, 0.15) is 6.92 Å². The molecule has 0 fully saturated rings. The van der Waals surface area contributed by atoms with Gasteiger partial charge in [0.05, 0.1) is 12.7 Å². The molecule has 6 nitrogen and oxygen atoms in total. The van der Waals surface area contributed by atoms with Crippen molar-refractivity contribution in [3.8, 4) is 22.1 Å². The van der Waals surface area contributed by atoms with Gasteiger partial charge in [0.25, 0.3) is 5.91 Å². The van der Waals surface area contributed by atoms with E-state index in [2.05, 4.69) is 15.5 Å². The summed E-state index contributed by atoms with van der Waals surface area (Å²) >= 11 is 1.28. The zero-order chi connectivity index (χ0) is 17.6. The molecule has 0 bridgehead atoms. The lowest BCUT2D eigenvalue weighted by molar-refractivity contribution is -0.122. The second kappa shape index (κ2) is 7.76. The third-order valence-corrected chi connectivity index (χ3v) is 4.29. The van der Waals surface area contributed by atoms with Crippen LogP contribution in [0.4, 0.5) is 5.13 Å². The van der Waals surface area contributed by atoms with Gasteiger partial charge >= 0.3 is 0 Å². The molecule has 1 atom stereocenters. The maximum atomic E-state index is 12.3. The van der Waals surface area contributed by atoms with Gasteiger partial charge in [-0.05, 0) is 31.2 Å². The number of hydrogen-bond donors (Lipinski definition) is 1. The van der Waals surface area contributed by atoms with Crippen LogP contribution in [0, 0.1) is 0 Å². The van der Waals surface area contributed by atoms with Crippen LogP contribution < -0.4 is 14.8 Å². The average molecular weight is 355 g/mol. The predicted octanol–water partition coefficient (Wildman–Crippen LogP) is 3.62. The number of para-hydroxylation sites is 2. The van der Waals surface area contributed by atoms with E-state index in [1.165, 1.54) is 11.3 Å². The molecule has 0 aliphatic carbocycles. The maximum absolute atomic E-state index is 12.3. The van der Waals surface area contributed by atoms with Crippen LogP contribution in [0.2, 0.25) is 0 Å². The van der Waals surface area contributed by atoms with E-state index in [0.29, 0.717) is 21.6 Å². The molecule has 3 aromatic rings. The quantitative estimate of drug-likeness (QED) is 0.731. The molecule has 2 aromatic carbocycles. The summed E-state index contributed by atoms with van der Waals surface area (Å²) in [7, 11) is 1.60. The lowest BCUT2D eigenvalue weighted by atomic mass is 10.2. The van der Waals surface area contributed by atoms with Crippen molar-refractivity contribution >= 4 is 22.4 Å². The number of benzene rings is 2. The zero-order valence-corrected chi connectivity index (χ0v) is 14.6. The number of aromatic nitrogens is 2. The monoisotopic (exact) mass is 355 g/mol. The van der Waals surface area contributed by atoms with E-state index in [-0.39, 0.29) is 5.91 Å². The molecule has 25 heavy (non-hydrogen) atoms. The van der Waals surface area contributed by atoms with Crippen molar-refractivity contribution in [1.29, 1.82) is 0 Å². The van der Waals surface area contributed by atoms with Crippen molar-refractivity contribution in [2.75, 3.05) is 12.4 Å². The number of nitrogens with zero attached hydrogens (tertiary/aromatic N) is 2. The van der Waals surface area contributed by atoms with E-state index in [4.69, 9.17) is 9.47 Å². The SMILES string of the molecule is COc1ccccc1-c1nnc(NC(=O)C(C)Oc2ccccc2)s1. The minimum Gasteiger partial charge on any atom is -0.496 e. The first-order chi connectivity index (χ1) is 12.2. The standard InChI is InChI=1S/C18H17N3O3S/c1-12(24-13-8-4-3-5-9-13)16(22)19-18-21-20-17(25-18)14-10-6-7-11-15(14)23-2/h3-12H,1-2H3,(H,19,21,22). The summed E-state index contributed by atoms with van der Waals surface area (Å²) in [5.41, 5.74) is 0.830. The highest BCUT2D eigenvalue weighted by Crippen LogP contribution is 2.33. The van der Waals surface area contributed by atoms with Crippen molar-refractivity contribution in [2.24, 2.45) is 0 Å². The van der Waals surface area contributed by atoms with Crippen LogP contribution in [0.25, 0.3) is 10.6 Å². The van der Waals surface area contributed by atoms with Gasteiger partial charge in [-0.15, -0.1) is 10.2 Å². The fourth-order valence-corrected chi connectivity index (χ4v) is 2.94. The van der Waals surface area contributed by atoms with E-state index in [9.17, 15) is 4.79 Å². The van der Waals surface area contributed by atoms with Crippen molar-refractivity contribution in [3.05, 3.63) is 54.6 Å². The first-order valence-corrected chi connectivity index (χ1v) is 8.48. The van der Waals surface area contributed by atoms with Gasteiger partial charge in [0.2, 0.25) is 5.13 Å². The van der Waals surface area contributed by atoms with Gasteiger partial charge in [-0.2, -0.15) is 0 Å². The minimum absolute atomic E-state index is 0.286. The Balaban J connectivity index is 1.67. The Hall–Kier alpha value is -2.93. The summed E-state index contributed by atoms with van der Waals surface area (Å²) in [4.78, 5) is 12.3. The van der Waals surface area contributed by atoms with Crippen LogP contribution >= 0.6 is 11.3 Å². The molecule has 1 heterocycles.